The number of fused-ring (bicyclic) bond motifs is 1. The summed E-state index contributed by atoms with van der Waals surface area (Å²) in [6.07, 6.45) is 2.00. The first-order chi connectivity index (χ1) is 8.77. The maximum Gasteiger partial charge on any atom is 0.104 e. The molecule has 0 aliphatic heterocycles. The second-order valence-corrected chi connectivity index (χ2v) is 4.60. The quantitative estimate of drug-likeness (QED) is 0.686. The second kappa shape index (κ2) is 4.27. The van der Waals surface area contributed by atoms with Crippen LogP contribution in [0.25, 0.3) is 22.0 Å². The summed E-state index contributed by atoms with van der Waals surface area (Å²) in [4.78, 5) is 3.70. The number of rotatable bonds is 2. The zero-order valence-electron chi connectivity index (χ0n) is 9.68. The Morgan fingerprint density at radius 1 is 0.944 bits per heavy atom. The van der Waals surface area contributed by atoms with E-state index < -0.39 is 0 Å². The molecule has 0 spiro atoms. The maximum absolute atomic E-state index is 5.79. The highest BCUT2D eigenvalue weighted by atomic mass is 32.1. The summed E-state index contributed by atoms with van der Waals surface area (Å²) in [6.45, 7) is 0. The van der Waals surface area contributed by atoms with Crippen molar-refractivity contribution in [3.8, 4) is 11.1 Å². The number of benzene rings is 2. The van der Waals surface area contributed by atoms with E-state index in [1.165, 1.54) is 5.39 Å². The third kappa shape index (κ3) is 1.69. The average molecular weight is 252 g/mol. The van der Waals surface area contributed by atoms with Gasteiger partial charge in [0.25, 0.3) is 0 Å². The van der Waals surface area contributed by atoms with Crippen molar-refractivity contribution in [1.29, 1.82) is 0 Å². The number of para-hydroxylation sites is 1. The highest BCUT2D eigenvalue weighted by Crippen LogP contribution is 2.30. The molecular formula is C15H12N2S. The van der Waals surface area contributed by atoms with Gasteiger partial charge >= 0.3 is 0 Å². The van der Waals surface area contributed by atoms with Crippen molar-refractivity contribution in [3.05, 3.63) is 60.3 Å². The smallest absolute Gasteiger partial charge is 0.104 e. The fourth-order valence-electron chi connectivity index (χ4n) is 2.23. The highest BCUT2D eigenvalue weighted by molar-refractivity contribution is 7.80. The topological polar surface area (TPSA) is 41.8 Å². The third-order valence-electron chi connectivity index (χ3n) is 3.07. The molecule has 0 unspecified atom stereocenters. The van der Waals surface area contributed by atoms with E-state index in [9.17, 15) is 0 Å². The number of nitrogens with one attached hydrogen (secondary N) is 1. The Balaban J connectivity index is 2.30. The van der Waals surface area contributed by atoms with Crippen molar-refractivity contribution in [2.45, 2.75) is 0 Å². The lowest BCUT2D eigenvalue weighted by molar-refractivity contribution is 1.47. The van der Waals surface area contributed by atoms with Crippen LogP contribution in [0.3, 0.4) is 0 Å². The van der Waals surface area contributed by atoms with Gasteiger partial charge in [0.05, 0.1) is 0 Å². The second-order valence-electron chi connectivity index (χ2n) is 4.16. The molecule has 2 aromatic carbocycles. The van der Waals surface area contributed by atoms with E-state index in [4.69, 9.17) is 18.0 Å². The molecule has 0 bridgehead atoms. The van der Waals surface area contributed by atoms with E-state index in [0.29, 0.717) is 4.99 Å². The van der Waals surface area contributed by atoms with Crippen LogP contribution in [-0.2, 0) is 0 Å². The summed E-state index contributed by atoms with van der Waals surface area (Å²) in [5.74, 6) is 0. The Morgan fingerprint density at radius 2 is 1.67 bits per heavy atom. The normalized spacial score (nSPS) is 10.7. The van der Waals surface area contributed by atoms with Crippen molar-refractivity contribution in [3.63, 3.8) is 0 Å². The van der Waals surface area contributed by atoms with Gasteiger partial charge in [-0.1, -0.05) is 54.7 Å². The molecule has 1 heterocycles. The van der Waals surface area contributed by atoms with Gasteiger partial charge in [0.15, 0.2) is 0 Å². The predicted octanol–water partition coefficient (Wildman–Crippen LogP) is 3.47. The molecule has 1 aromatic heterocycles. The van der Waals surface area contributed by atoms with Crippen LogP contribution in [0.1, 0.15) is 5.56 Å². The Labute approximate surface area is 110 Å². The number of aromatic nitrogens is 1. The Hall–Kier alpha value is -2.13. The van der Waals surface area contributed by atoms with Crippen LogP contribution in [0.2, 0.25) is 0 Å². The maximum atomic E-state index is 5.79. The fourth-order valence-corrected chi connectivity index (χ4v) is 2.41. The molecule has 0 saturated heterocycles. The van der Waals surface area contributed by atoms with Crippen molar-refractivity contribution >= 4 is 28.1 Å². The van der Waals surface area contributed by atoms with Gasteiger partial charge in [0.2, 0.25) is 0 Å². The van der Waals surface area contributed by atoms with E-state index in [0.717, 1.165) is 22.2 Å². The molecule has 0 amide bonds. The highest BCUT2D eigenvalue weighted by Gasteiger charge is 2.10. The summed E-state index contributed by atoms with van der Waals surface area (Å²) < 4.78 is 0. The van der Waals surface area contributed by atoms with Gasteiger partial charge in [-0.2, -0.15) is 0 Å². The molecule has 18 heavy (non-hydrogen) atoms. The largest absolute Gasteiger partial charge is 0.389 e. The van der Waals surface area contributed by atoms with Crippen molar-refractivity contribution in [1.82, 2.24) is 4.98 Å². The van der Waals surface area contributed by atoms with E-state index in [1.54, 1.807) is 0 Å². The van der Waals surface area contributed by atoms with Gasteiger partial charge in [-0.05, 0) is 11.6 Å². The van der Waals surface area contributed by atoms with Gasteiger partial charge < -0.3 is 10.7 Å². The molecule has 0 radical (unpaired) electrons. The average Bonchev–Trinajstić information content (AvgIpc) is 2.82. The minimum absolute atomic E-state index is 0.427. The minimum Gasteiger partial charge on any atom is -0.389 e. The van der Waals surface area contributed by atoms with Gasteiger partial charge in [-0.3, -0.25) is 0 Å². The summed E-state index contributed by atoms with van der Waals surface area (Å²) in [5, 5.41) is 1.18. The molecule has 0 fully saturated rings. The van der Waals surface area contributed by atoms with Crippen LogP contribution < -0.4 is 5.73 Å². The third-order valence-corrected chi connectivity index (χ3v) is 3.29. The fraction of sp³-hybridized carbons (Fsp3) is 0. The van der Waals surface area contributed by atoms with Gasteiger partial charge in [-0.25, -0.2) is 0 Å². The molecule has 0 aliphatic carbocycles. The van der Waals surface area contributed by atoms with Gasteiger partial charge in [-0.15, -0.1) is 0 Å². The summed E-state index contributed by atoms with van der Waals surface area (Å²) in [6, 6.07) is 16.2. The number of hydrogen-bond acceptors (Lipinski definition) is 1. The first-order valence-electron chi connectivity index (χ1n) is 5.72. The number of nitrogens with two attached hydrogens (primary N) is 1. The molecule has 3 N–H and O–H groups in total. The van der Waals surface area contributed by atoms with E-state index in [1.807, 2.05) is 42.6 Å². The molecule has 2 nitrogen and oxygen atoms in total. The monoisotopic (exact) mass is 252 g/mol. The van der Waals surface area contributed by atoms with Crippen LogP contribution in [0.15, 0.2) is 54.7 Å². The minimum atomic E-state index is 0.427. The Morgan fingerprint density at radius 3 is 2.50 bits per heavy atom. The summed E-state index contributed by atoms with van der Waals surface area (Å²) in [7, 11) is 0. The molecular weight excluding hydrogens is 240 g/mol. The molecule has 88 valence electrons. The van der Waals surface area contributed by atoms with Gasteiger partial charge in [0, 0.05) is 28.2 Å². The van der Waals surface area contributed by atoms with Crippen LogP contribution in [0.4, 0.5) is 0 Å². The van der Waals surface area contributed by atoms with Crippen LogP contribution in [-0.4, -0.2) is 9.97 Å². The molecule has 0 saturated carbocycles. The van der Waals surface area contributed by atoms with Crippen molar-refractivity contribution < 1.29 is 0 Å². The van der Waals surface area contributed by atoms with Crippen molar-refractivity contribution in [2.24, 2.45) is 5.73 Å². The number of H-pyrrole nitrogens is 1. The Kier molecular flexibility index (Phi) is 2.61. The zero-order chi connectivity index (χ0) is 12.5. The molecule has 3 rings (SSSR count). The molecule has 3 heteroatoms. The lowest BCUT2D eigenvalue weighted by Crippen LogP contribution is -2.10. The number of aromatic amines is 1. The van der Waals surface area contributed by atoms with Gasteiger partial charge in [0.1, 0.15) is 4.99 Å². The van der Waals surface area contributed by atoms with Crippen LogP contribution >= 0.6 is 12.2 Å². The standard InChI is InChI=1S/C15H12N2S/c16-15(18)12-7-2-1-5-10(12)13-9-17-14-8-4-3-6-11(13)14/h1-9,17H,(H2,16,18). The summed E-state index contributed by atoms with van der Waals surface area (Å²) >= 11 is 5.11. The van der Waals surface area contributed by atoms with Crippen molar-refractivity contribution in [2.75, 3.05) is 0 Å². The SMILES string of the molecule is NC(=S)c1ccccc1-c1c[nH]c2ccccc12. The lowest BCUT2D eigenvalue weighted by atomic mass is 9.99. The molecule has 0 aliphatic rings. The first-order valence-corrected chi connectivity index (χ1v) is 6.13. The summed E-state index contributed by atoms with van der Waals surface area (Å²) in [5.41, 5.74) is 10.0. The van der Waals surface area contributed by atoms with Crippen LogP contribution in [0, 0.1) is 0 Å². The lowest BCUT2D eigenvalue weighted by Gasteiger charge is -2.06. The predicted molar refractivity (Wildman–Crippen MR) is 79.6 cm³/mol. The van der Waals surface area contributed by atoms with Crippen LogP contribution in [0.5, 0.6) is 0 Å². The number of thiocarbonyl (C=S) groups is 1. The first kappa shape index (κ1) is 11.0. The molecule has 0 atom stereocenters. The van der Waals surface area contributed by atoms with E-state index in [2.05, 4.69) is 17.1 Å². The number of hydrogen-bond donors (Lipinski definition) is 2. The van der Waals surface area contributed by atoms with E-state index in [-0.39, 0.29) is 0 Å². The van der Waals surface area contributed by atoms with E-state index >= 15 is 0 Å². The Bertz CT molecular complexity index is 728. The zero-order valence-corrected chi connectivity index (χ0v) is 10.5. The molecule has 3 aromatic rings.